The van der Waals surface area contributed by atoms with Gasteiger partial charge in [0.2, 0.25) is 21.8 Å². The minimum absolute atomic E-state index is 0.212. The quantitative estimate of drug-likeness (QED) is 0.495. The summed E-state index contributed by atoms with van der Waals surface area (Å²) in [5.74, 6) is -0.653. The number of anilines is 1. The third-order valence-electron chi connectivity index (χ3n) is 5.73. The van der Waals surface area contributed by atoms with Crippen LogP contribution in [0.4, 0.5) is 5.69 Å². The van der Waals surface area contributed by atoms with Gasteiger partial charge >= 0.3 is 0 Å². The van der Waals surface area contributed by atoms with Crippen LogP contribution in [-0.4, -0.2) is 50.5 Å². The van der Waals surface area contributed by atoms with Gasteiger partial charge in [0.05, 0.1) is 11.9 Å². The van der Waals surface area contributed by atoms with Gasteiger partial charge in [-0.05, 0) is 43.4 Å². The van der Waals surface area contributed by atoms with E-state index in [1.807, 2.05) is 64.1 Å². The summed E-state index contributed by atoms with van der Waals surface area (Å²) in [6, 6.07) is 14.2. The number of carbonyl (C=O) groups excluding carboxylic acids is 2. The molecule has 2 amide bonds. The zero-order valence-electron chi connectivity index (χ0n) is 20.9. The number of aryl methyl sites for hydroxylation is 2. The summed E-state index contributed by atoms with van der Waals surface area (Å²) < 4.78 is 26.6. The Morgan fingerprint density at radius 3 is 2.21 bits per heavy atom. The molecule has 1 atom stereocenters. The van der Waals surface area contributed by atoms with Crippen molar-refractivity contribution in [3.63, 3.8) is 0 Å². The summed E-state index contributed by atoms with van der Waals surface area (Å²) in [5, 5.41) is 2.88. The highest BCUT2D eigenvalue weighted by atomic mass is 32.2. The summed E-state index contributed by atoms with van der Waals surface area (Å²) in [6.07, 6.45) is 2.92. The molecule has 0 unspecified atom stereocenters. The van der Waals surface area contributed by atoms with Gasteiger partial charge in [0, 0.05) is 13.1 Å². The van der Waals surface area contributed by atoms with Crippen LogP contribution in [0.5, 0.6) is 0 Å². The molecule has 34 heavy (non-hydrogen) atoms. The molecule has 0 spiro atoms. The lowest BCUT2D eigenvalue weighted by Gasteiger charge is -2.33. The maximum absolute atomic E-state index is 13.7. The first-order valence-electron chi connectivity index (χ1n) is 11.8. The zero-order chi connectivity index (χ0) is 25.3. The van der Waals surface area contributed by atoms with Crippen molar-refractivity contribution in [2.45, 2.75) is 59.5 Å². The average Bonchev–Trinajstić information content (AvgIpc) is 2.81. The second-order valence-corrected chi connectivity index (χ2v) is 10.4. The summed E-state index contributed by atoms with van der Waals surface area (Å²) in [6.45, 7) is 8.09. The molecular weight excluding hydrogens is 450 g/mol. The SMILES string of the molecule is CCCNC(=O)[C@H](CC)N(Cc1ccc(C)cc1)C(=O)CN(c1ccccc1CC)S(C)(=O)=O. The molecule has 7 nitrogen and oxygen atoms in total. The van der Waals surface area contributed by atoms with E-state index in [2.05, 4.69) is 5.32 Å². The Hall–Kier alpha value is -2.87. The van der Waals surface area contributed by atoms with Crippen LogP contribution in [0.25, 0.3) is 0 Å². The van der Waals surface area contributed by atoms with Gasteiger partial charge in [0.25, 0.3) is 0 Å². The van der Waals surface area contributed by atoms with E-state index in [9.17, 15) is 18.0 Å². The highest BCUT2D eigenvalue weighted by molar-refractivity contribution is 7.92. The molecule has 2 rings (SSSR count). The molecule has 0 aliphatic heterocycles. The van der Waals surface area contributed by atoms with Crippen molar-refractivity contribution in [3.05, 3.63) is 65.2 Å². The van der Waals surface area contributed by atoms with Gasteiger partial charge in [-0.15, -0.1) is 0 Å². The Balaban J connectivity index is 2.45. The second kappa shape index (κ2) is 12.6. The van der Waals surface area contributed by atoms with Crippen LogP contribution >= 0.6 is 0 Å². The monoisotopic (exact) mass is 487 g/mol. The standard InChI is InChI=1S/C26H37N3O4S/c1-6-17-27-26(31)23(8-3)28(18-21-15-13-20(4)14-16-21)25(30)19-29(34(5,32)33)24-12-10-9-11-22(24)7-2/h9-16,23H,6-8,17-19H2,1-5H3,(H,27,31)/t23-/m0/s1. The van der Waals surface area contributed by atoms with E-state index >= 15 is 0 Å². The van der Waals surface area contributed by atoms with E-state index in [4.69, 9.17) is 0 Å². The predicted octanol–water partition coefficient (Wildman–Crippen LogP) is 3.66. The Morgan fingerprint density at radius 1 is 1.00 bits per heavy atom. The maximum atomic E-state index is 13.7. The van der Waals surface area contributed by atoms with Gasteiger partial charge < -0.3 is 10.2 Å². The molecule has 186 valence electrons. The number of nitrogens with one attached hydrogen (secondary N) is 1. The topological polar surface area (TPSA) is 86.8 Å². The number of para-hydroxylation sites is 1. The molecule has 2 aromatic rings. The van der Waals surface area contributed by atoms with Crippen LogP contribution in [0.3, 0.4) is 0 Å². The number of amides is 2. The van der Waals surface area contributed by atoms with E-state index in [1.54, 1.807) is 12.1 Å². The molecule has 0 aromatic heterocycles. The lowest BCUT2D eigenvalue weighted by molar-refractivity contribution is -0.140. The first kappa shape index (κ1) is 27.4. The van der Waals surface area contributed by atoms with Crippen LogP contribution in [0.1, 0.15) is 50.3 Å². The fourth-order valence-electron chi connectivity index (χ4n) is 3.82. The maximum Gasteiger partial charge on any atom is 0.244 e. The molecule has 0 saturated carbocycles. The van der Waals surface area contributed by atoms with E-state index in [0.717, 1.165) is 33.7 Å². The molecule has 8 heteroatoms. The number of nitrogens with zero attached hydrogens (tertiary/aromatic N) is 2. The number of sulfonamides is 1. The number of carbonyl (C=O) groups is 2. The van der Waals surface area contributed by atoms with E-state index in [0.29, 0.717) is 25.1 Å². The third-order valence-corrected chi connectivity index (χ3v) is 6.86. The van der Waals surface area contributed by atoms with Gasteiger partial charge in [-0.3, -0.25) is 13.9 Å². The van der Waals surface area contributed by atoms with E-state index < -0.39 is 22.0 Å². The van der Waals surface area contributed by atoms with E-state index in [-0.39, 0.29) is 19.0 Å². The van der Waals surface area contributed by atoms with Crippen LogP contribution in [-0.2, 0) is 32.6 Å². The van der Waals surface area contributed by atoms with Gasteiger partial charge in [-0.2, -0.15) is 0 Å². The Kier molecular flexibility index (Phi) is 10.1. The molecule has 1 N–H and O–H groups in total. The molecule has 0 bridgehead atoms. The lowest BCUT2D eigenvalue weighted by atomic mass is 10.1. The first-order valence-corrected chi connectivity index (χ1v) is 13.6. The Bertz CT molecular complexity index is 1070. The number of hydrogen-bond donors (Lipinski definition) is 1. The molecule has 0 saturated heterocycles. The number of hydrogen-bond acceptors (Lipinski definition) is 4. The van der Waals surface area contributed by atoms with Gasteiger partial charge in [-0.25, -0.2) is 8.42 Å². The summed E-state index contributed by atoms with van der Waals surface area (Å²) in [7, 11) is -3.74. The molecule has 0 fully saturated rings. The highest BCUT2D eigenvalue weighted by Crippen LogP contribution is 2.24. The van der Waals surface area contributed by atoms with Crippen LogP contribution < -0.4 is 9.62 Å². The van der Waals surface area contributed by atoms with Gasteiger partial charge in [0.1, 0.15) is 12.6 Å². The van der Waals surface area contributed by atoms with Crippen LogP contribution in [0.2, 0.25) is 0 Å². The van der Waals surface area contributed by atoms with Crippen molar-refractivity contribution in [2.24, 2.45) is 0 Å². The molecular formula is C26H37N3O4S. The summed E-state index contributed by atoms with van der Waals surface area (Å²) in [5.41, 5.74) is 3.28. The van der Waals surface area contributed by atoms with Gasteiger partial charge in [-0.1, -0.05) is 68.8 Å². The Morgan fingerprint density at radius 2 is 1.65 bits per heavy atom. The van der Waals surface area contributed by atoms with E-state index in [1.165, 1.54) is 4.90 Å². The van der Waals surface area contributed by atoms with Crippen molar-refractivity contribution < 1.29 is 18.0 Å². The fraction of sp³-hybridized carbons (Fsp3) is 0.462. The van der Waals surface area contributed by atoms with Crippen molar-refractivity contribution >= 4 is 27.5 Å². The lowest BCUT2D eigenvalue weighted by Crippen LogP contribution is -2.52. The van der Waals surface area contributed by atoms with Crippen molar-refractivity contribution in [3.8, 4) is 0 Å². The third kappa shape index (κ3) is 7.32. The van der Waals surface area contributed by atoms with Crippen molar-refractivity contribution in [1.29, 1.82) is 0 Å². The minimum Gasteiger partial charge on any atom is -0.354 e. The number of rotatable bonds is 12. The van der Waals surface area contributed by atoms with Crippen molar-refractivity contribution in [2.75, 3.05) is 23.7 Å². The molecule has 0 aliphatic carbocycles. The summed E-state index contributed by atoms with van der Waals surface area (Å²) in [4.78, 5) is 28.1. The van der Waals surface area contributed by atoms with Gasteiger partial charge in [0.15, 0.2) is 0 Å². The van der Waals surface area contributed by atoms with Crippen molar-refractivity contribution in [1.82, 2.24) is 10.2 Å². The number of benzene rings is 2. The molecule has 0 radical (unpaired) electrons. The minimum atomic E-state index is -3.74. The largest absolute Gasteiger partial charge is 0.354 e. The first-order chi connectivity index (χ1) is 16.1. The van der Waals surface area contributed by atoms with Crippen LogP contribution in [0.15, 0.2) is 48.5 Å². The zero-order valence-corrected chi connectivity index (χ0v) is 21.7. The smallest absolute Gasteiger partial charge is 0.244 e. The Labute approximate surface area is 204 Å². The van der Waals surface area contributed by atoms with Crippen LogP contribution in [0, 0.1) is 6.92 Å². The fourth-order valence-corrected chi connectivity index (χ4v) is 4.70. The molecule has 0 heterocycles. The average molecular weight is 488 g/mol. The molecule has 0 aliphatic rings. The second-order valence-electron chi connectivity index (χ2n) is 8.47. The normalized spacial score (nSPS) is 12.1. The summed E-state index contributed by atoms with van der Waals surface area (Å²) >= 11 is 0. The molecule has 2 aromatic carbocycles. The predicted molar refractivity (Wildman–Crippen MR) is 137 cm³/mol. The highest BCUT2D eigenvalue weighted by Gasteiger charge is 2.32.